The largest absolute Gasteiger partial charge is 0.444 e. The van der Waals surface area contributed by atoms with E-state index in [1.54, 1.807) is 11.1 Å². The van der Waals surface area contributed by atoms with Gasteiger partial charge < -0.3 is 4.74 Å². The van der Waals surface area contributed by atoms with Crippen molar-refractivity contribution in [2.75, 3.05) is 4.90 Å². The number of aryl methyl sites for hydroxylation is 1. The van der Waals surface area contributed by atoms with E-state index in [1.165, 1.54) is 5.56 Å². The Kier molecular flexibility index (Phi) is 3.60. The summed E-state index contributed by atoms with van der Waals surface area (Å²) in [5, 5.41) is 0. The number of aromatic nitrogens is 1. The number of benzene rings is 1. The molecule has 1 aliphatic rings. The number of pyridine rings is 1. The molecular weight excluding hydrogens is 264 g/mol. The predicted molar refractivity (Wildman–Crippen MR) is 81.3 cm³/mol. The van der Waals surface area contributed by atoms with Gasteiger partial charge in [-0.25, -0.2) is 9.78 Å². The molecule has 1 amide bonds. The SMILES string of the molecule is Cc1ccc(N2C(=O)OC(C)[C@@H]2Cc2ccccc2)nc1. The van der Waals surface area contributed by atoms with Crippen LogP contribution in [0.2, 0.25) is 0 Å². The Morgan fingerprint density at radius 3 is 2.62 bits per heavy atom. The molecule has 1 aromatic heterocycles. The van der Waals surface area contributed by atoms with Crippen molar-refractivity contribution in [3.05, 3.63) is 59.8 Å². The van der Waals surface area contributed by atoms with Gasteiger partial charge in [0.2, 0.25) is 0 Å². The molecule has 0 saturated carbocycles. The van der Waals surface area contributed by atoms with E-state index in [2.05, 4.69) is 17.1 Å². The highest BCUT2D eigenvalue weighted by Gasteiger charge is 2.40. The number of hydrogen-bond acceptors (Lipinski definition) is 3. The Morgan fingerprint density at radius 2 is 1.95 bits per heavy atom. The molecule has 1 unspecified atom stereocenters. The molecule has 1 fully saturated rings. The van der Waals surface area contributed by atoms with Crippen LogP contribution in [-0.2, 0) is 11.2 Å². The van der Waals surface area contributed by atoms with Crippen molar-refractivity contribution in [3.63, 3.8) is 0 Å². The van der Waals surface area contributed by atoms with Crippen molar-refractivity contribution < 1.29 is 9.53 Å². The van der Waals surface area contributed by atoms with Gasteiger partial charge in [0.1, 0.15) is 11.9 Å². The summed E-state index contributed by atoms with van der Waals surface area (Å²) in [6.07, 6.45) is 2.05. The van der Waals surface area contributed by atoms with Crippen molar-refractivity contribution in [2.24, 2.45) is 0 Å². The molecule has 1 aromatic carbocycles. The van der Waals surface area contributed by atoms with Crippen LogP contribution in [0.15, 0.2) is 48.7 Å². The first-order valence-electron chi connectivity index (χ1n) is 7.11. The Hall–Kier alpha value is -2.36. The number of carbonyl (C=O) groups excluding carboxylic acids is 1. The standard InChI is InChI=1S/C17H18N2O2/c1-12-8-9-16(18-11-12)19-15(13(2)21-17(19)20)10-14-6-4-3-5-7-14/h3-9,11,13,15H,10H2,1-2H3/t13?,15-/m0/s1. The van der Waals surface area contributed by atoms with E-state index in [-0.39, 0.29) is 18.2 Å². The Morgan fingerprint density at radius 1 is 1.19 bits per heavy atom. The Labute approximate surface area is 124 Å². The molecule has 0 aliphatic carbocycles. The normalized spacial score (nSPS) is 21.4. The summed E-state index contributed by atoms with van der Waals surface area (Å²) in [5.41, 5.74) is 2.25. The third kappa shape index (κ3) is 2.75. The van der Waals surface area contributed by atoms with E-state index >= 15 is 0 Å². The molecule has 4 heteroatoms. The second-order valence-electron chi connectivity index (χ2n) is 5.41. The van der Waals surface area contributed by atoms with Gasteiger partial charge in [0, 0.05) is 6.20 Å². The molecule has 1 aliphatic heterocycles. The highest BCUT2D eigenvalue weighted by molar-refractivity contribution is 5.89. The molecule has 21 heavy (non-hydrogen) atoms. The van der Waals surface area contributed by atoms with E-state index in [0.29, 0.717) is 5.82 Å². The van der Waals surface area contributed by atoms with Crippen LogP contribution in [-0.4, -0.2) is 23.2 Å². The second-order valence-corrected chi connectivity index (χ2v) is 5.41. The summed E-state index contributed by atoms with van der Waals surface area (Å²) in [6, 6.07) is 13.9. The van der Waals surface area contributed by atoms with Crippen LogP contribution in [0.5, 0.6) is 0 Å². The molecule has 0 N–H and O–H groups in total. The monoisotopic (exact) mass is 282 g/mol. The number of cyclic esters (lactones) is 1. The van der Waals surface area contributed by atoms with Gasteiger partial charge in [-0.1, -0.05) is 36.4 Å². The minimum absolute atomic E-state index is 0.0323. The number of amides is 1. The molecular formula is C17H18N2O2. The first-order valence-corrected chi connectivity index (χ1v) is 7.11. The van der Waals surface area contributed by atoms with Gasteiger partial charge >= 0.3 is 6.09 Å². The maximum atomic E-state index is 12.1. The highest BCUT2D eigenvalue weighted by Crippen LogP contribution is 2.27. The fourth-order valence-electron chi connectivity index (χ4n) is 2.62. The van der Waals surface area contributed by atoms with Crippen molar-refractivity contribution in [3.8, 4) is 0 Å². The van der Waals surface area contributed by atoms with Crippen LogP contribution in [0.25, 0.3) is 0 Å². The number of carbonyl (C=O) groups is 1. The molecule has 1 saturated heterocycles. The topological polar surface area (TPSA) is 42.4 Å². The molecule has 2 aromatic rings. The fraction of sp³-hybridized carbons (Fsp3) is 0.294. The molecule has 4 nitrogen and oxygen atoms in total. The summed E-state index contributed by atoms with van der Waals surface area (Å²) >= 11 is 0. The summed E-state index contributed by atoms with van der Waals surface area (Å²) < 4.78 is 5.39. The first-order chi connectivity index (χ1) is 10.1. The van der Waals surface area contributed by atoms with Gasteiger partial charge in [-0.15, -0.1) is 0 Å². The van der Waals surface area contributed by atoms with Gasteiger partial charge in [0.15, 0.2) is 0 Å². The number of hydrogen-bond donors (Lipinski definition) is 0. The Bertz CT molecular complexity index is 625. The van der Waals surface area contributed by atoms with E-state index in [4.69, 9.17) is 4.74 Å². The molecule has 3 rings (SSSR count). The van der Waals surface area contributed by atoms with Gasteiger partial charge in [0.05, 0.1) is 6.04 Å². The lowest BCUT2D eigenvalue weighted by Crippen LogP contribution is -2.38. The summed E-state index contributed by atoms with van der Waals surface area (Å²) in [4.78, 5) is 18.2. The summed E-state index contributed by atoms with van der Waals surface area (Å²) in [6.45, 7) is 3.91. The maximum absolute atomic E-state index is 12.1. The van der Waals surface area contributed by atoms with E-state index in [0.717, 1.165) is 12.0 Å². The second kappa shape index (κ2) is 5.56. The van der Waals surface area contributed by atoms with Crippen LogP contribution in [0.3, 0.4) is 0 Å². The quantitative estimate of drug-likeness (QED) is 0.867. The van der Waals surface area contributed by atoms with Crippen molar-refractivity contribution in [2.45, 2.75) is 32.4 Å². The minimum atomic E-state index is -0.320. The minimum Gasteiger partial charge on any atom is -0.444 e. The van der Waals surface area contributed by atoms with Gasteiger partial charge in [0.25, 0.3) is 0 Å². The molecule has 0 radical (unpaired) electrons. The predicted octanol–water partition coefficient (Wildman–Crippen LogP) is 3.35. The first kappa shape index (κ1) is 13.6. The lowest BCUT2D eigenvalue weighted by Gasteiger charge is -2.22. The van der Waals surface area contributed by atoms with Gasteiger partial charge in [-0.3, -0.25) is 4.90 Å². The molecule has 0 bridgehead atoms. The van der Waals surface area contributed by atoms with Crippen LogP contribution in [0, 0.1) is 6.92 Å². The zero-order valence-electron chi connectivity index (χ0n) is 12.2. The maximum Gasteiger partial charge on any atom is 0.416 e. The highest BCUT2D eigenvalue weighted by atomic mass is 16.6. The molecule has 108 valence electrons. The lowest BCUT2D eigenvalue weighted by molar-refractivity contribution is 0.141. The molecule has 2 atom stereocenters. The fourth-order valence-corrected chi connectivity index (χ4v) is 2.62. The van der Waals surface area contributed by atoms with Gasteiger partial charge in [-0.05, 0) is 37.5 Å². The summed E-state index contributed by atoms with van der Waals surface area (Å²) in [5.74, 6) is 0.649. The lowest BCUT2D eigenvalue weighted by atomic mass is 10.0. The Balaban J connectivity index is 1.89. The average Bonchev–Trinajstić information content (AvgIpc) is 2.76. The van der Waals surface area contributed by atoms with E-state index in [9.17, 15) is 4.79 Å². The van der Waals surface area contributed by atoms with Crippen LogP contribution in [0.1, 0.15) is 18.1 Å². The number of nitrogens with zero attached hydrogens (tertiary/aromatic N) is 2. The number of anilines is 1. The van der Waals surface area contributed by atoms with E-state index < -0.39 is 0 Å². The number of rotatable bonds is 3. The third-order valence-corrected chi connectivity index (χ3v) is 3.79. The smallest absolute Gasteiger partial charge is 0.416 e. The molecule has 2 heterocycles. The third-order valence-electron chi connectivity index (χ3n) is 3.79. The molecule has 0 spiro atoms. The van der Waals surface area contributed by atoms with Crippen molar-refractivity contribution in [1.29, 1.82) is 0 Å². The van der Waals surface area contributed by atoms with Crippen LogP contribution < -0.4 is 4.90 Å². The number of ether oxygens (including phenoxy) is 1. The zero-order valence-corrected chi connectivity index (χ0v) is 12.2. The zero-order chi connectivity index (χ0) is 14.8. The van der Waals surface area contributed by atoms with Crippen LogP contribution >= 0.6 is 0 Å². The summed E-state index contributed by atoms with van der Waals surface area (Å²) in [7, 11) is 0. The average molecular weight is 282 g/mol. The van der Waals surface area contributed by atoms with Crippen molar-refractivity contribution >= 4 is 11.9 Å². The van der Waals surface area contributed by atoms with Crippen LogP contribution in [0.4, 0.5) is 10.6 Å². The van der Waals surface area contributed by atoms with Gasteiger partial charge in [-0.2, -0.15) is 0 Å². The van der Waals surface area contributed by atoms with Crippen molar-refractivity contribution in [1.82, 2.24) is 4.98 Å². The van der Waals surface area contributed by atoms with E-state index in [1.807, 2.05) is 44.2 Å².